The molecule has 0 saturated carbocycles. The van der Waals surface area contributed by atoms with Gasteiger partial charge in [-0.05, 0) is 43.0 Å². The Morgan fingerprint density at radius 1 is 1.19 bits per heavy atom. The van der Waals surface area contributed by atoms with E-state index in [9.17, 15) is 9.59 Å². The smallest absolute Gasteiger partial charge is 0.246 e. The molecule has 5 heteroatoms. The second-order valence-electron chi connectivity index (χ2n) is 6.95. The molecule has 0 radical (unpaired) electrons. The normalized spacial score (nSPS) is 18.2. The van der Waals surface area contributed by atoms with Crippen LogP contribution in [0.5, 0.6) is 0 Å². The Morgan fingerprint density at radius 3 is 2.73 bits per heavy atom. The molecule has 1 aromatic heterocycles. The van der Waals surface area contributed by atoms with Crippen LogP contribution in [-0.4, -0.2) is 34.8 Å². The summed E-state index contributed by atoms with van der Waals surface area (Å²) in [5.74, 6) is 0.665. The molecular formula is C21H21N3O2. The standard InChI is InChI=1S/C21H21N3O2/c1-15-5-2-3-6-16(15)8-9-18(25)24-13-10-21(11-14-24)17-7-4-12-22-19(17)23-20(21)26/h2-9,12H,10-11,13-14H2,1H3,(H,22,23,26)/b9-8+. The van der Waals surface area contributed by atoms with Crippen molar-refractivity contribution in [2.45, 2.75) is 25.2 Å². The van der Waals surface area contributed by atoms with Gasteiger partial charge in [-0.1, -0.05) is 30.3 Å². The van der Waals surface area contributed by atoms with Gasteiger partial charge >= 0.3 is 0 Å². The number of anilines is 1. The SMILES string of the molecule is Cc1ccccc1/C=C/C(=O)N1CCC2(CC1)C(=O)Nc1ncccc12. The number of fused-ring (bicyclic) bond motifs is 2. The van der Waals surface area contributed by atoms with Crippen molar-refractivity contribution in [2.75, 3.05) is 18.4 Å². The van der Waals surface area contributed by atoms with E-state index in [2.05, 4.69) is 10.3 Å². The Balaban J connectivity index is 1.46. The van der Waals surface area contributed by atoms with E-state index in [4.69, 9.17) is 0 Å². The lowest BCUT2D eigenvalue weighted by atomic mass is 9.74. The van der Waals surface area contributed by atoms with Crippen LogP contribution in [0.25, 0.3) is 6.08 Å². The highest BCUT2D eigenvalue weighted by Gasteiger charge is 2.49. The summed E-state index contributed by atoms with van der Waals surface area (Å²) < 4.78 is 0. The molecule has 1 aromatic carbocycles. The molecule has 2 aromatic rings. The molecule has 0 atom stereocenters. The third-order valence-electron chi connectivity index (χ3n) is 5.51. The van der Waals surface area contributed by atoms with Crippen molar-refractivity contribution in [1.82, 2.24) is 9.88 Å². The number of aryl methyl sites for hydroxylation is 1. The maximum absolute atomic E-state index is 12.6. The largest absolute Gasteiger partial charge is 0.339 e. The second-order valence-corrected chi connectivity index (χ2v) is 6.95. The lowest BCUT2D eigenvalue weighted by molar-refractivity contribution is -0.131. The fraction of sp³-hybridized carbons (Fsp3) is 0.286. The van der Waals surface area contributed by atoms with Crippen molar-refractivity contribution in [1.29, 1.82) is 0 Å². The first-order valence-corrected chi connectivity index (χ1v) is 8.90. The molecule has 3 heterocycles. The number of nitrogens with zero attached hydrogens (tertiary/aromatic N) is 2. The average molecular weight is 347 g/mol. The second kappa shape index (κ2) is 6.41. The number of amides is 2. The Labute approximate surface area is 152 Å². The van der Waals surface area contributed by atoms with E-state index >= 15 is 0 Å². The molecule has 2 amide bonds. The molecule has 2 aliphatic heterocycles. The maximum Gasteiger partial charge on any atom is 0.246 e. The highest BCUT2D eigenvalue weighted by Crippen LogP contribution is 2.43. The van der Waals surface area contributed by atoms with Crippen LogP contribution in [-0.2, 0) is 15.0 Å². The molecule has 0 aliphatic carbocycles. The Bertz CT molecular complexity index is 896. The predicted octanol–water partition coefficient (Wildman–Crippen LogP) is 2.92. The van der Waals surface area contributed by atoms with E-state index in [0.717, 1.165) is 16.7 Å². The Morgan fingerprint density at radius 2 is 1.96 bits per heavy atom. The van der Waals surface area contributed by atoms with E-state index in [-0.39, 0.29) is 11.8 Å². The number of carbonyl (C=O) groups is 2. The zero-order valence-corrected chi connectivity index (χ0v) is 14.7. The average Bonchev–Trinajstić information content (AvgIpc) is 2.93. The fourth-order valence-corrected chi connectivity index (χ4v) is 3.89. The van der Waals surface area contributed by atoms with Crippen LogP contribution in [0.1, 0.15) is 29.5 Å². The molecule has 26 heavy (non-hydrogen) atoms. The van der Waals surface area contributed by atoms with Gasteiger partial charge in [0.2, 0.25) is 11.8 Å². The first kappa shape index (κ1) is 16.5. The third kappa shape index (κ3) is 2.69. The molecule has 1 N–H and O–H groups in total. The Hall–Kier alpha value is -2.95. The molecular weight excluding hydrogens is 326 g/mol. The number of benzene rings is 1. The minimum absolute atomic E-state index is 0.00656. The highest BCUT2D eigenvalue weighted by molar-refractivity contribution is 6.05. The summed E-state index contributed by atoms with van der Waals surface area (Å²) in [4.78, 5) is 31.2. The van der Waals surface area contributed by atoms with E-state index in [1.165, 1.54) is 0 Å². The van der Waals surface area contributed by atoms with E-state index < -0.39 is 5.41 Å². The molecule has 5 nitrogen and oxygen atoms in total. The molecule has 132 valence electrons. The van der Waals surface area contributed by atoms with Crippen molar-refractivity contribution in [3.8, 4) is 0 Å². The van der Waals surface area contributed by atoms with E-state index in [1.54, 1.807) is 12.3 Å². The lowest BCUT2D eigenvalue weighted by Crippen LogP contribution is -2.47. The highest BCUT2D eigenvalue weighted by atomic mass is 16.2. The van der Waals surface area contributed by atoms with Crippen LogP contribution in [0, 0.1) is 6.92 Å². The lowest BCUT2D eigenvalue weighted by Gasteiger charge is -2.37. The van der Waals surface area contributed by atoms with E-state index in [0.29, 0.717) is 31.7 Å². The van der Waals surface area contributed by atoms with Gasteiger partial charge < -0.3 is 10.2 Å². The first-order chi connectivity index (χ1) is 12.6. The number of hydrogen-bond donors (Lipinski definition) is 1. The summed E-state index contributed by atoms with van der Waals surface area (Å²) in [7, 11) is 0. The van der Waals surface area contributed by atoms with Crippen LogP contribution < -0.4 is 5.32 Å². The van der Waals surface area contributed by atoms with Gasteiger partial charge in [-0.2, -0.15) is 0 Å². The quantitative estimate of drug-likeness (QED) is 0.850. The topological polar surface area (TPSA) is 62.3 Å². The van der Waals surface area contributed by atoms with Crippen LogP contribution >= 0.6 is 0 Å². The number of carbonyl (C=O) groups excluding carboxylic acids is 2. The van der Waals surface area contributed by atoms with Gasteiger partial charge in [0, 0.05) is 30.9 Å². The number of likely N-dealkylation sites (tertiary alicyclic amines) is 1. The van der Waals surface area contributed by atoms with Gasteiger partial charge in [0.25, 0.3) is 0 Å². The van der Waals surface area contributed by atoms with Gasteiger partial charge in [0.1, 0.15) is 5.82 Å². The summed E-state index contributed by atoms with van der Waals surface area (Å²) in [5.41, 5.74) is 2.61. The van der Waals surface area contributed by atoms with Crippen LogP contribution in [0.3, 0.4) is 0 Å². The van der Waals surface area contributed by atoms with Gasteiger partial charge in [0.05, 0.1) is 5.41 Å². The summed E-state index contributed by atoms with van der Waals surface area (Å²) in [6, 6.07) is 11.8. The summed E-state index contributed by atoms with van der Waals surface area (Å²) in [5, 5.41) is 2.89. The molecule has 0 unspecified atom stereocenters. The molecule has 1 fully saturated rings. The molecule has 2 aliphatic rings. The molecule has 1 spiro atoms. The monoisotopic (exact) mass is 347 g/mol. The summed E-state index contributed by atoms with van der Waals surface area (Å²) in [6.45, 7) is 3.16. The van der Waals surface area contributed by atoms with Crippen molar-refractivity contribution in [2.24, 2.45) is 0 Å². The number of rotatable bonds is 2. The third-order valence-corrected chi connectivity index (χ3v) is 5.51. The minimum Gasteiger partial charge on any atom is -0.339 e. The number of hydrogen-bond acceptors (Lipinski definition) is 3. The Kier molecular flexibility index (Phi) is 4.07. The van der Waals surface area contributed by atoms with Crippen LogP contribution in [0.2, 0.25) is 0 Å². The van der Waals surface area contributed by atoms with Crippen molar-refractivity contribution < 1.29 is 9.59 Å². The predicted molar refractivity (Wildman–Crippen MR) is 101 cm³/mol. The van der Waals surface area contributed by atoms with Gasteiger partial charge in [-0.25, -0.2) is 4.98 Å². The van der Waals surface area contributed by atoms with Gasteiger partial charge in [0.15, 0.2) is 0 Å². The fourth-order valence-electron chi connectivity index (χ4n) is 3.89. The van der Waals surface area contributed by atoms with Crippen LogP contribution in [0.15, 0.2) is 48.7 Å². The van der Waals surface area contributed by atoms with Gasteiger partial charge in [-0.3, -0.25) is 9.59 Å². The number of nitrogens with one attached hydrogen (secondary N) is 1. The van der Waals surface area contributed by atoms with Crippen LogP contribution in [0.4, 0.5) is 5.82 Å². The molecule has 1 saturated heterocycles. The summed E-state index contributed by atoms with van der Waals surface area (Å²) >= 11 is 0. The zero-order valence-electron chi connectivity index (χ0n) is 14.7. The molecule has 4 rings (SSSR count). The van der Waals surface area contributed by atoms with E-state index in [1.807, 2.05) is 54.3 Å². The van der Waals surface area contributed by atoms with Gasteiger partial charge in [-0.15, -0.1) is 0 Å². The minimum atomic E-state index is -0.542. The first-order valence-electron chi connectivity index (χ1n) is 8.90. The number of piperidine rings is 1. The zero-order chi connectivity index (χ0) is 18.1. The molecule has 0 bridgehead atoms. The number of pyridine rings is 1. The van der Waals surface area contributed by atoms with Crippen molar-refractivity contribution in [3.63, 3.8) is 0 Å². The maximum atomic E-state index is 12.6. The van der Waals surface area contributed by atoms with Crippen molar-refractivity contribution in [3.05, 3.63) is 65.4 Å². The number of aromatic nitrogens is 1. The van der Waals surface area contributed by atoms with Crippen molar-refractivity contribution >= 4 is 23.7 Å². The summed E-state index contributed by atoms with van der Waals surface area (Å²) in [6.07, 6.45) is 6.43.